The van der Waals surface area contributed by atoms with Crippen molar-refractivity contribution in [3.05, 3.63) is 27.6 Å². The Morgan fingerprint density at radius 3 is 2.86 bits per heavy atom. The molecule has 21 heavy (non-hydrogen) atoms. The Labute approximate surface area is 126 Å². The number of rotatable bonds is 4. The summed E-state index contributed by atoms with van der Waals surface area (Å²) in [5.74, 6) is -1.19. The normalized spacial score (nSPS) is 10.1. The van der Waals surface area contributed by atoms with E-state index in [4.69, 9.17) is 16.0 Å². The Hall–Kier alpha value is -2.46. The molecular formula is C10H7ClN4O5S. The van der Waals surface area contributed by atoms with E-state index in [2.05, 4.69) is 10.3 Å². The number of furan rings is 1. The maximum atomic E-state index is 11.4. The zero-order chi connectivity index (χ0) is 15.4. The summed E-state index contributed by atoms with van der Waals surface area (Å²) in [7, 11) is 0. The zero-order valence-electron chi connectivity index (χ0n) is 10.2. The second-order valence-electron chi connectivity index (χ2n) is 3.57. The molecule has 0 atom stereocenters. The Morgan fingerprint density at radius 1 is 1.48 bits per heavy atom. The van der Waals surface area contributed by atoms with Gasteiger partial charge in [-0.15, -0.1) is 22.9 Å². The molecule has 3 amide bonds. The van der Waals surface area contributed by atoms with Crippen molar-refractivity contribution in [1.29, 1.82) is 0 Å². The monoisotopic (exact) mass is 330 g/mol. The van der Waals surface area contributed by atoms with Gasteiger partial charge < -0.3 is 4.42 Å². The molecule has 0 fully saturated rings. The fourth-order valence-corrected chi connectivity index (χ4v) is 2.06. The van der Waals surface area contributed by atoms with Gasteiger partial charge in [-0.05, 0) is 6.07 Å². The third-order valence-corrected chi connectivity index (χ3v) is 3.12. The lowest BCUT2D eigenvalue weighted by molar-refractivity contribution is -0.401. The van der Waals surface area contributed by atoms with Gasteiger partial charge in [-0.2, -0.15) is 0 Å². The van der Waals surface area contributed by atoms with E-state index in [-0.39, 0.29) is 16.8 Å². The van der Waals surface area contributed by atoms with Crippen LogP contribution < -0.4 is 10.6 Å². The van der Waals surface area contributed by atoms with Gasteiger partial charge in [-0.25, -0.2) is 9.78 Å². The molecule has 0 aliphatic carbocycles. The van der Waals surface area contributed by atoms with Crippen LogP contribution in [0.25, 0.3) is 11.5 Å². The molecule has 0 radical (unpaired) electrons. The van der Waals surface area contributed by atoms with E-state index < -0.39 is 22.7 Å². The molecule has 2 aromatic rings. The minimum absolute atomic E-state index is 0.197. The summed E-state index contributed by atoms with van der Waals surface area (Å²) in [6, 6.07) is 1.83. The highest BCUT2D eigenvalue weighted by Gasteiger charge is 2.16. The molecule has 0 aromatic carbocycles. The van der Waals surface area contributed by atoms with Crippen molar-refractivity contribution < 1.29 is 18.9 Å². The van der Waals surface area contributed by atoms with Crippen LogP contribution in [-0.4, -0.2) is 27.7 Å². The smallest absolute Gasteiger partial charge is 0.399 e. The van der Waals surface area contributed by atoms with Crippen LogP contribution in [0.15, 0.2) is 21.9 Å². The van der Waals surface area contributed by atoms with Crippen LogP contribution in [0, 0.1) is 10.1 Å². The molecule has 0 aliphatic heterocycles. The standard InChI is InChI=1S/C10H7ClN4O5S/c11-3-7(16)13-9(17)14-10-12-5(4-21-10)6-1-2-8(20-6)15(18)19/h1-2,4H,3H2,(H2,12,13,14,16,17). The van der Waals surface area contributed by atoms with Gasteiger partial charge in [0.15, 0.2) is 10.9 Å². The molecule has 2 rings (SSSR count). The van der Waals surface area contributed by atoms with Crippen LogP contribution in [0.4, 0.5) is 15.8 Å². The van der Waals surface area contributed by atoms with Gasteiger partial charge in [0.1, 0.15) is 16.5 Å². The summed E-state index contributed by atoms with van der Waals surface area (Å²) in [5, 5.41) is 16.6. The number of halogens is 1. The van der Waals surface area contributed by atoms with Gasteiger partial charge >= 0.3 is 11.9 Å². The van der Waals surface area contributed by atoms with Crippen LogP contribution in [-0.2, 0) is 4.79 Å². The highest BCUT2D eigenvalue weighted by molar-refractivity contribution is 7.14. The van der Waals surface area contributed by atoms with Crippen molar-refractivity contribution >= 4 is 45.9 Å². The number of amides is 3. The van der Waals surface area contributed by atoms with E-state index in [0.29, 0.717) is 5.69 Å². The molecule has 0 bridgehead atoms. The number of urea groups is 1. The van der Waals surface area contributed by atoms with Crippen LogP contribution in [0.1, 0.15) is 0 Å². The van der Waals surface area contributed by atoms with E-state index in [1.807, 2.05) is 5.32 Å². The van der Waals surface area contributed by atoms with Crippen LogP contribution in [0.3, 0.4) is 0 Å². The van der Waals surface area contributed by atoms with Crippen molar-refractivity contribution in [3.63, 3.8) is 0 Å². The number of nitro groups is 1. The summed E-state index contributed by atoms with van der Waals surface area (Å²) >= 11 is 6.31. The predicted octanol–water partition coefficient (Wildman–Crippen LogP) is 2.20. The molecule has 2 aromatic heterocycles. The zero-order valence-corrected chi connectivity index (χ0v) is 11.7. The summed E-state index contributed by atoms with van der Waals surface area (Å²) < 4.78 is 4.98. The number of carbonyl (C=O) groups is 2. The number of thiazole rings is 1. The lowest BCUT2D eigenvalue weighted by Gasteiger charge is -2.01. The summed E-state index contributed by atoms with van der Waals surface area (Å²) in [6.45, 7) is 0. The van der Waals surface area contributed by atoms with E-state index in [1.54, 1.807) is 5.38 Å². The highest BCUT2D eigenvalue weighted by atomic mass is 35.5. The highest BCUT2D eigenvalue weighted by Crippen LogP contribution is 2.28. The van der Waals surface area contributed by atoms with Crippen molar-refractivity contribution in [1.82, 2.24) is 10.3 Å². The molecule has 2 N–H and O–H groups in total. The number of hydrogen-bond acceptors (Lipinski definition) is 7. The molecular weight excluding hydrogens is 324 g/mol. The molecule has 11 heteroatoms. The second-order valence-corrected chi connectivity index (χ2v) is 4.69. The number of hydrogen-bond donors (Lipinski definition) is 2. The summed E-state index contributed by atoms with van der Waals surface area (Å²) in [4.78, 5) is 36.1. The average Bonchev–Trinajstić information content (AvgIpc) is 3.06. The first kappa shape index (κ1) is 14.9. The van der Waals surface area contributed by atoms with Crippen molar-refractivity contribution in [2.75, 3.05) is 11.2 Å². The van der Waals surface area contributed by atoms with E-state index in [9.17, 15) is 19.7 Å². The number of nitrogens with one attached hydrogen (secondary N) is 2. The minimum Gasteiger partial charge on any atom is -0.399 e. The van der Waals surface area contributed by atoms with Gasteiger partial charge in [0, 0.05) is 5.38 Å². The molecule has 0 saturated heterocycles. The molecule has 2 heterocycles. The number of aromatic nitrogens is 1. The second kappa shape index (κ2) is 6.33. The topological polar surface area (TPSA) is 127 Å². The molecule has 110 valence electrons. The fraction of sp³-hybridized carbons (Fsp3) is 0.100. The summed E-state index contributed by atoms with van der Waals surface area (Å²) in [5.41, 5.74) is 0.326. The van der Waals surface area contributed by atoms with Crippen molar-refractivity contribution in [3.8, 4) is 11.5 Å². The first-order valence-electron chi connectivity index (χ1n) is 5.36. The van der Waals surface area contributed by atoms with Gasteiger partial charge in [0.2, 0.25) is 5.91 Å². The number of anilines is 1. The predicted molar refractivity (Wildman–Crippen MR) is 74.4 cm³/mol. The van der Waals surface area contributed by atoms with E-state index >= 15 is 0 Å². The van der Waals surface area contributed by atoms with Gasteiger partial charge in [-0.1, -0.05) is 0 Å². The number of alkyl halides is 1. The SMILES string of the molecule is O=C(CCl)NC(=O)Nc1nc(-c2ccc([N+](=O)[O-])o2)cs1. The maximum absolute atomic E-state index is 11.4. The minimum atomic E-state index is -0.771. The number of nitrogens with zero attached hydrogens (tertiary/aromatic N) is 2. The molecule has 0 aliphatic rings. The Morgan fingerprint density at radius 2 is 2.24 bits per heavy atom. The lowest BCUT2D eigenvalue weighted by Crippen LogP contribution is -2.35. The van der Waals surface area contributed by atoms with Crippen molar-refractivity contribution in [2.24, 2.45) is 0 Å². The van der Waals surface area contributed by atoms with Crippen LogP contribution in [0.2, 0.25) is 0 Å². The molecule has 0 spiro atoms. The van der Waals surface area contributed by atoms with Gasteiger partial charge in [0.05, 0.1) is 6.07 Å². The van der Waals surface area contributed by atoms with Crippen LogP contribution >= 0.6 is 22.9 Å². The van der Waals surface area contributed by atoms with E-state index in [1.165, 1.54) is 12.1 Å². The molecule has 0 unspecified atom stereocenters. The number of imide groups is 1. The number of carbonyl (C=O) groups excluding carboxylic acids is 2. The average molecular weight is 331 g/mol. The van der Waals surface area contributed by atoms with Gasteiger partial charge in [0.25, 0.3) is 0 Å². The van der Waals surface area contributed by atoms with Gasteiger partial charge in [-0.3, -0.25) is 25.5 Å². The maximum Gasteiger partial charge on any atom is 0.433 e. The summed E-state index contributed by atoms with van der Waals surface area (Å²) in [6.07, 6.45) is 0. The molecule has 0 saturated carbocycles. The first-order valence-corrected chi connectivity index (χ1v) is 6.78. The largest absolute Gasteiger partial charge is 0.433 e. The van der Waals surface area contributed by atoms with E-state index in [0.717, 1.165) is 11.3 Å². The third-order valence-electron chi connectivity index (χ3n) is 2.12. The van der Waals surface area contributed by atoms with Crippen molar-refractivity contribution in [2.45, 2.75) is 0 Å². The first-order chi connectivity index (χ1) is 9.99. The Balaban J connectivity index is 2.05. The molecule has 9 nitrogen and oxygen atoms in total. The fourth-order valence-electron chi connectivity index (χ4n) is 1.30. The van der Waals surface area contributed by atoms with Crippen LogP contribution in [0.5, 0.6) is 0 Å². The Bertz CT molecular complexity index is 697. The third kappa shape index (κ3) is 3.77. The quantitative estimate of drug-likeness (QED) is 0.502. The lowest BCUT2D eigenvalue weighted by atomic mass is 10.4. The Kier molecular flexibility index (Phi) is 4.50.